The fraction of sp³-hybridized carbons (Fsp3) is 0.611. The van der Waals surface area contributed by atoms with Crippen LogP contribution >= 0.6 is 12.4 Å². The summed E-state index contributed by atoms with van der Waals surface area (Å²) in [7, 11) is 1.68. The van der Waals surface area contributed by atoms with E-state index in [4.69, 9.17) is 10.5 Å². The summed E-state index contributed by atoms with van der Waals surface area (Å²) in [5, 5.41) is 0. The minimum atomic E-state index is -0.340. The maximum absolute atomic E-state index is 12.3. The topological polar surface area (TPSA) is 58.8 Å². The fourth-order valence-electron chi connectivity index (χ4n) is 3.01. The lowest BCUT2D eigenvalue weighted by Crippen LogP contribution is -2.45. The van der Waals surface area contributed by atoms with E-state index in [-0.39, 0.29) is 24.4 Å². The molecule has 1 aliphatic heterocycles. The lowest BCUT2D eigenvalue weighted by atomic mass is 10.1. The largest absolute Gasteiger partial charge is 0.497 e. The molecule has 6 heteroatoms. The molecule has 0 radical (unpaired) electrons. The summed E-state index contributed by atoms with van der Waals surface area (Å²) in [6.07, 6.45) is 2.72. The molecule has 136 valence electrons. The van der Waals surface area contributed by atoms with E-state index in [2.05, 4.69) is 24.0 Å². The maximum atomic E-state index is 12.3. The van der Waals surface area contributed by atoms with Gasteiger partial charge >= 0.3 is 0 Å². The van der Waals surface area contributed by atoms with Crippen molar-refractivity contribution in [3.05, 3.63) is 29.8 Å². The first-order valence-electron chi connectivity index (χ1n) is 8.53. The molecule has 0 aliphatic carbocycles. The van der Waals surface area contributed by atoms with Gasteiger partial charge in [0.15, 0.2) is 0 Å². The van der Waals surface area contributed by atoms with Crippen molar-refractivity contribution in [1.82, 2.24) is 9.80 Å². The van der Waals surface area contributed by atoms with Crippen LogP contribution in [0.5, 0.6) is 5.75 Å². The normalized spacial score (nSPS) is 16.9. The average molecular weight is 356 g/mol. The summed E-state index contributed by atoms with van der Waals surface area (Å²) in [5.41, 5.74) is 7.25. The van der Waals surface area contributed by atoms with Crippen LogP contribution in [0.1, 0.15) is 31.7 Å². The molecule has 1 atom stereocenters. The Morgan fingerprint density at radius 3 is 2.54 bits per heavy atom. The summed E-state index contributed by atoms with van der Waals surface area (Å²) >= 11 is 0. The van der Waals surface area contributed by atoms with Crippen LogP contribution in [-0.4, -0.2) is 55.0 Å². The zero-order valence-corrected chi connectivity index (χ0v) is 15.6. The van der Waals surface area contributed by atoms with Crippen molar-refractivity contribution in [1.29, 1.82) is 0 Å². The molecule has 5 nitrogen and oxygen atoms in total. The van der Waals surface area contributed by atoms with Crippen molar-refractivity contribution in [2.24, 2.45) is 5.73 Å². The van der Waals surface area contributed by atoms with Gasteiger partial charge in [0.25, 0.3) is 0 Å². The third-order valence-corrected chi connectivity index (χ3v) is 4.38. The summed E-state index contributed by atoms with van der Waals surface area (Å²) in [4.78, 5) is 16.7. The minimum absolute atomic E-state index is 0. The van der Waals surface area contributed by atoms with E-state index >= 15 is 0 Å². The van der Waals surface area contributed by atoms with Gasteiger partial charge in [-0.3, -0.25) is 9.69 Å². The molecule has 0 aromatic heterocycles. The van der Waals surface area contributed by atoms with Gasteiger partial charge in [0.1, 0.15) is 5.75 Å². The second-order valence-electron chi connectivity index (χ2n) is 6.20. The van der Waals surface area contributed by atoms with Gasteiger partial charge in [-0.25, -0.2) is 0 Å². The van der Waals surface area contributed by atoms with Crippen LogP contribution in [0.2, 0.25) is 0 Å². The number of rotatable bonds is 6. The molecule has 1 aromatic rings. The third-order valence-electron chi connectivity index (χ3n) is 4.38. The Hall–Kier alpha value is -1.30. The number of nitrogens with zero attached hydrogens (tertiary/aromatic N) is 2. The highest BCUT2D eigenvalue weighted by Crippen LogP contribution is 2.14. The summed E-state index contributed by atoms with van der Waals surface area (Å²) < 4.78 is 5.19. The quantitative estimate of drug-likeness (QED) is 0.850. The Balaban J connectivity index is 0.00000288. The highest BCUT2D eigenvalue weighted by atomic mass is 35.5. The standard InChI is InChI=1S/C18H29N3O2.ClH/c1-3-5-17(19)18(22)21-11-4-10-20(12-13-21)14-15-6-8-16(23-2)9-7-15;/h6-9,17H,3-5,10-14,19H2,1-2H3;1H. The molecular formula is C18H30ClN3O2. The van der Waals surface area contributed by atoms with Crippen molar-refractivity contribution < 1.29 is 9.53 Å². The van der Waals surface area contributed by atoms with Crippen molar-refractivity contribution in [3.8, 4) is 5.75 Å². The predicted molar refractivity (Wildman–Crippen MR) is 99.6 cm³/mol. The van der Waals surface area contributed by atoms with Crippen LogP contribution in [0.4, 0.5) is 0 Å². The van der Waals surface area contributed by atoms with E-state index in [1.165, 1.54) is 5.56 Å². The molecule has 0 spiro atoms. The first-order chi connectivity index (χ1) is 11.1. The highest BCUT2D eigenvalue weighted by molar-refractivity contribution is 5.85. The molecule has 1 saturated heterocycles. The Bertz CT molecular complexity index is 496. The molecule has 2 rings (SSSR count). The number of carbonyl (C=O) groups is 1. The van der Waals surface area contributed by atoms with Crippen molar-refractivity contribution in [2.75, 3.05) is 33.3 Å². The molecular weight excluding hydrogens is 326 g/mol. The number of benzene rings is 1. The second-order valence-corrected chi connectivity index (χ2v) is 6.20. The SMILES string of the molecule is CCCC(N)C(=O)N1CCCN(Cc2ccc(OC)cc2)CC1.Cl. The number of hydrogen-bond donors (Lipinski definition) is 1. The number of halogens is 1. The van der Waals surface area contributed by atoms with Gasteiger partial charge in [-0.15, -0.1) is 12.4 Å². The van der Waals surface area contributed by atoms with Crippen molar-refractivity contribution >= 4 is 18.3 Å². The zero-order valence-electron chi connectivity index (χ0n) is 14.7. The molecule has 1 amide bonds. The Kier molecular flexibility index (Phi) is 9.11. The van der Waals surface area contributed by atoms with Crippen molar-refractivity contribution in [2.45, 2.75) is 38.8 Å². The Morgan fingerprint density at radius 1 is 1.21 bits per heavy atom. The first kappa shape index (κ1) is 20.7. The van der Waals surface area contributed by atoms with Crippen LogP contribution in [0, 0.1) is 0 Å². The first-order valence-corrected chi connectivity index (χ1v) is 8.53. The number of hydrogen-bond acceptors (Lipinski definition) is 4. The molecule has 0 saturated carbocycles. The zero-order chi connectivity index (χ0) is 16.7. The van der Waals surface area contributed by atoms with E-state index in [0.717, 1.165) is 57.7 Å². The third kappa shape index (κ3) is 5.96. The predicted octanol–water partition coefficient (Wildman–Crippen LogP) is 2.28. The summed E-state index contributed by atoms with van der Waals surface area (Å²) in [5.74, 6) is 0.990. The summed E-state index contributed by atoms with van der Waals surface area (Å²) in [6.45, 7) is 6.47. The molecule has 1 unspecified atom stereocenters. The molecule has 2 N–H and O–H groups in total. The molecule has 1 heterocycles. The number of nitrogens with two attached hydrogens (primary N) is 1. The molecule has 24 heavy (non-hydrogen) atoms. The number of ether oxygens (including phenoxy) is 1. The average Bonchev–Trinajstić information content (AvgIpc) is 2.80. The van der Waals surface area contributed by atoms with Gasteiger partial charge in [-0.1, -0.05) is 25.5 Å². The molecule has 1 fully saturated rings. The number of methoxy groups -OCH3 is 1. The van der Waals surface area contributed by atoms with E-state index in [0.29, 0.717) is 0 Å². The molecule has 1 aliphatic rings. The van der Waals surface area contributed by atoms with Gasteiger partial charge in [-0.05, 0) is 30.5 Å². The van der Waals surface area contributed by atoms with Gasteiger partial charge in [-0.2, -0.15) is 0 Å². The van der Waals surface area contributed by atoms with Gasteiger partial charge in [0.2, 0.25) is 5.91 Å². The van der Waals surface area contributed by atoms with Crippen LogP contribution in [0.3, 0.4) is 0 Å². The highest BCUT2D eigenvalue weighted by Gasteiger charge is 2.23. The number of carbonyl (C=O) groups excluding carboxylic acids is 1. The minimum Gasteiger partial charge on any atom is -0.497 e. The monoisotopic (exact) mass is 355 g/mol. The van der Waals surface area contributed by atoms with Gasteiger partial charge in [0.05, 0.1) is 13.2 Å². The van der Waals surface area contributed by atoms with Crippen LogP contribution in [0.25, 0.3) is 0 Å². The van der Waals surface area contributed by atoms with E-state index in [1.54, 1.807) is 7.11 Å². The summed E-state index contributed by atoms with van der Waals surface area (Å²) in [6, 6.07) is 7.85. The Labute approximate surface area is 151 Å². The maximum Gasteiger partial charge on any atom is 0.239 e. The van der Waals surface area contributed by atoms with Crippen LogP contribution in [0.15, 0.2) is 24.3 Å². The van der Waals surface area contributed by atoms with E-state index < -0.39 is 0 Å². The second kappa shape index (κ2) is 10.5. The van der Waals surface area contributed by atoms with Crippen molar-refractivity contribution in [3.63, 3.8) is 0 Å². The number of amides is 1. The van der Waals surface area contributed by atoms with Crippen LogP contribution < -0.4 is 10.5 Å². The Morgan fingerprint density at radius 2 is 1.92 bits per heavy atom. The lowest BCUT2D eigenvalue weighted by molar-refractivity contribution is -0.132. The van der Waals surface area contributed by atoms with E-state index in [9.17, 15) is 4.79 Å². The van der Waals surface area contributed by atoms with Crippen LogP contribution in [-0.2, 0) is 11.3 Å². The fourth-order valence-corrected chi connectivity index (χ4v) is 3.01. The van der Waals surface area contributed by atoms with Gasteiger partial charge < -0.3 is 15.4 Å². The smallest absolute Gasteiger partial charge is 0.239 e. The van der Waals surface area contributed by atoms with Gasteiger partial charge in [0, 0.05) is 32.7 Å². The molecule has 0 bridgehead atoms. The lowest BCUT2D eigenvalue weighted by Gasteiger charge is -2.24. The van der Waals surface area contributed by atoms with E-state index in [1.807, 2.05) is 17.0 Å². The molecule has 1 aromatic carbocycles.